The number of nitrogens with two attached hydrogens (primary N) is 1. The molecule has 4 heteroatoms. The van der Waals surface area contributed by atoms with E-state index < -0.39 is 0 Å². The van der Waals surface area contributed by atoms with Gasteiger partial charge >= 0.3 is 0 Å². The van der Waals surface area contributed by atoms with Gasteiger partial charge in [-0.2, -0.15) is 4.98 Å². The summed E-state index contributed by atoms with van der Waals surface area (Å²) in [5.41, 5.74) is 8.91. The Morgan fingerprint density at radius 1 is 1.30 bits per heavy atom. The van der Waals surface area contributed by atoms with Gasteiger partial charge in [0.1, 0.15) is 0 Å². The van der Waals surface area contributed by atoms with Crippen LogP contribution in [0.5, 0.6) is 0 Å². The Balaban J connectivity index is 1.57. The second-order valence-corrected chi connectivity index (χ2v) is 6.23. The minimum atomic E-state index is -0.0998. The fraction of sp³-hybridized carbons (Fsp3) is 0.500. The van der Waals surface area contributed by atoms with Crippen LogP contribution in [0.15, 0.2) is 28.8 Å². The summed E-state index contributed by atoms with van der Waals surface area (Å²) in [6, 6.07) is 8.55. The first kappa shape index (κ1) is 12.1. The van der Waals surface area contributed by atoms with Crippen molar-refractivity contribution >= 4 is 0 Å². The van der Waals surface area contributed by atoms with Crippen LogP contribution in [-0.4, -0.2) is 15.7 Å². The molecule has 0 spiro atoms. The second-order valence-electron chi connectivity index (χ2n) is 6.23. The quantitative estimate of drug-likeness (QED) is 0.930. The molecule has 1 aromatic heterocycles. The first-order chi connectivity index (χ1) is 9.73. The molecule has 0 saturated heterocycles. The maximum absolute atomic E-state index is 6.25. The first-order valence-electron chi connectivity index (χ1n) is 7.43. The predicted octanol–water partition coefficient (Wildman–Crippen LogP) is 2.57. The van der Waals surface area contributed by atoms with Crippen molar-refractivity contribution in [3.63, 3.8) is 0 Å². The fourth-order valence-corrected chi connectivity index (χ4v) is 3.42. The summed E-state index contributed by atoms with van der Waals surface area (Å²) >= 11 is 0. The zero-order valence-electron chi connectivity index (χ0n) is 11.5. The van der Waals surface area contributed by atoms with E-state index in [1.54, 1.807) is 0 Å². The number of hydrogen-bond acceptors (Lipinski definition) is 4. The summed E-state index contributed by atoms with van der Waals surface area (Å²) in [5, 5.41) is 4.20. The zero-order chi connectivity index (χ0) is 13.6. The fourth-order valence-electron chi connectivity index (χ4n) is 3.42. The number of rotatable bonds is 3. The molecular formula is C16H19N3O. The molecule has 1 unspecified atom stereocenters. The summed E-state index contributed by atoms with van der Waals surface area (Å²) in [5.74, 6) is 1.82. The molecule has 0 amide bonds. The van der Waals surface area contributed by atoms with Crippen LogP contribution in [-0.2, 0) is 12.8 Å². The van der Waals surface area contributed by atoms with Crippen LogP contribution in [0.2, 0.25) is 0 Å². The Bertz CT molecular complexity index is 630. The van der Waals surface area contributed by atoms with Gasteiger partial charge in [0.15, 0.2) is 5.82 Å². The Hall–Kier alpha value is -1.68. The van der Waals surface area contributed by atoms with E-state index in [4.69, 9.17) is 10.3 Å². The third-order valence-electron chi connectivity index (χ3n) is 4.78. The number of fused-ring (bicyclic) bond motifs is 1. The van der Waals surface area contributed by atoms with Crippen molar-refractivity contribution in [2.45, 2.75) is 50.0 Å². The Labute approximate surface area is 118 Å². The molecule has 4 nitrogen and oxygen atoms in total. The van der Waals surface area contributed by atoms with Gasteiger partial charge in [-0.15, -0.1) is 0 Å². The van der Waals surface area contributed by atoms with Crippen LogP contribution < -0.4 is 5.73 Å². The van der Waals surface area contributed by atoms with Crippen molar-refractivity contribution in [2.24, 2.45) is 5.73 Å². The second kappa shape index (κ2) is 4.42. The summed E-state index contributed by atoms with van der Waals surface area (Å²) < 4.78 is 5.42. The van der Waals surface area contributed by atoms with E-state index in [1.165, 1.54) is 17.5 Å². The maximum atomic E-state index is 6.25. The van der Waals surface area contributed by atoms with E-state index >= 15 is 0 Å². The summed E-state index contributed by atoms with van der Waals surface area (Å²) in [7, 11) is 0. The topological polar surface area (TPSA) is 64.9 Å². The van der Waals surface area contributed by atoms with Gasteiger partial charge in [-0.3, -0.25) is 0 Å². The molecule has 0 aliphatic heterocycles. The third kappa shape index (κ3) is 1.95. The molecular weight excluding hydrogens is 250 g/mol. The summed E-state index contributed by atoms with van der Waals surface area (Å²) in [4.78, 5) is 4.60. The molecule has 4 rings (SSSR count). The van der Waals surface area contributed by atoms with Gasteiger partial charge in [0.25, 0.3) is 0 Å². The van der Waals surface area contributed by atoms with Gasteiger partial charge in [-0.1, -0.05) is 29.4 Å². The van der Waals surface area contributed by atoms with E-state index in [-0.39, 0.29) is 5.54 Å². The minimum Gasteiger partial charge on any atom is -0.339 e. The van der Waals surface area contributed by atoms with Crippen molar-refractivity contribution in [1.82, 2.24) is 10.1 Å². The molecule has 2 aromatic rings. The molecule has 0 bridgehead atoms. The van der Waals surface area contributed by atoms with Gasteiger partial charge in [0, 0.05) is 17.9 Å². The SMILES string of the molecule is NC1(Cc2nc(C3CCc4ccccc43)no2)CCC1. The first-order valence-corrected chi connectivity index (χ1v) is 7.43. The van der Waals surface area contributed by atoms with Gasteiger partial charge in [-0.25, -0.2) is 0 Å². The normalized spacial score (nSPS) is 23.4. The highest BCUT2D eigenvalue weighted by molar-refractivity contribution is 5.38. The molecule has 2 aliphatic rings. The van der Waals surface area contributed by atoms with Crippen molar-refractivity contribution in [3.8, 4) is 0 Å². The van der Waals surface area contributed by atoms with E-state index in [0.717, 1.165) is 31.5 Å². The minimum absolute atomic E-state index is 0.0998. The standard InChI is InChI=1S/C16H19N3O/c17-16(8-3-9-16)10-14-18-15(19-20-14)13-7-6-11-4-1-2-5-12(11)13/h1-2,4-5,13H,3,6-10,17H2. The van der Waals surface area contributed by atoms with Crippen LogP contribution in [0.1, 0.15) is 54.4 Å². The number of aryl methyl sites for hydroxylation is 1. The number of aromatic nitrogens is 2. The van der Waals surface area contributed by atoms with Crippen LogP contribution >= 0.6 is 0 Å². The molecule has 1 aromatic carbocycles. The predicted molar refractivity (Wildman–Crippen MR) is 75.4 cm³/mol. The van der Waals surface area contributed by atoms with Gasteiger partial charge in [-0.05, 0) is 43.2 Å². The molecule has 2 N–H and O–H groups in total. The molecule has 1 heterocycles. The van der Waals surface area contributed by atoms with Gasteiger partial charge in [0.05, 0.1) is 0 Å². The highest BCUT2D eigenvalue weighted by Crippen LogP contribution is 2.37. The smallest absolute Gasteiger partial charge is 0.228 e. The zero-order valence-corrected chi connectivity index (χ0v) is 11.5. The Morgan fingerprint density at radius 2 is 2.15 bits per heavy atom. The molecule has 20 heavy (non-hydrogen) atoms. The van der Waals surface area contributed by atoms with Gasteiger partial charge < -0.3 is 10.3 Å². The molecule has 1 fully saturated rings. The largest absolute Gasteiger partial charge is 0.339 e. The average molecular weight is 269 g/mol. The molecule has 2 aliphatic carbocycles. The third-order valence-corrected chi connectivity index (χ3v) is 4.78. The highest BCUT2D eigenvalue weighted by atomic mass is 16.5. The average Bonchev–Trinajstić information content (AvgIpc) is 3.03. The van der Waals surface area contributed by atoms with Crippen molar-refractivity contribution in [3.05, 3.63) is 47.1 Å². The number of benzene rings is 1. The Morgan fingerprint density at radius 3 is 2.95 bits per heavy atom. The van der Waals surface area contributed by atoms with Crippen LogP contribution in [0.25, 0.3) is 0 Å². The van der Waals surface area contributed by atoms with E-state index in [2.05, 4.69) is 34.4 Å². The van der Waals surface area contributed by atoms with E-state index in [9.17, 15) is 0 Å². The maximum Gasteiger partial charge on any atom is 0.228 e. The lowest BCUT2D eigenvalue weighted by atomic mass is 9.75. The lowest BCUT2D eigenvalue weighted by molar-refractivity contribution is 0.221. The number of nitrogens with zero attached hydrogens (tertiary/aromatic N) is 2. The van der Waals surface area contributed by atoms with Crippen LogP contribution in [0.4, 0.5) is 0 Å². The van der Waals surface area contributed by atoms with E-state index in [1.807, 2.05) is 0 Å². The summed E-state index contributed by atoms with van der Waals surface area (Å²) in [6.45, 7) is 0. The van der Waals surface area contributed by atoms with Crippen LogP contribution in [0.3, 0.4) is 0 Å². The lowest BCUT2D eigenvalue weighted by Crippen LogP contribution is -2.48. The summed E-state index contributed by atoms with van der Waals surface area (Å²) in [6.07, 6.45) is 6.24. The lowest BCUT2D eigenvalue weighted by Gasteiger charge is -2.36. The van der Waals surface area contributed by atoms with E-state index in [0.29, 0.717) is 18.2 Å². The van der Waals surface area contributed by atoms with Crippen LogP contribution in [0, 0.1) is 0 Å². The van der Waals surface area contributed by atoms with Crippen molar-refractivity contribution < 1.29 is 4.52 Å². The van der Waals surface area contributed by atoms with Crippen molar-refractivity contribution in [2.75, 3.05) is 0 Å². The molecule has 104 valence electrons. The number of hydrogen-bond donors (Lipinski definition) is 1. The van der Waals surface area contributed by atoms with Gasteiger partial charge in [0.2, 0.25) is 5.89 Å². The molecule has 1 atom stereocenters. The molecule has 1 saturated carbocycles. The monoisotopic (exact) mass is 269 g/mol. The Kier molecular flexibility index (Phi) is 2.67. The molecule has 0 radical (unpaired) electrons. The highest BCUT2D eigenvalue weighted by Gasteiger charge is 2.35. The van der Waals surface area contributed by atoms with Crippen molar-refractivity contribution in [1.29, 1.82) is 0 Å².